The Labute approximate surface area is 199 Å². The van der Waals surface area contributed by atoms with E-state index in [0.717, 1.165) is 11.3 Å². The lowest BCUT2D eigenvalue weighted by atomic mass is 10.0. The quantitative estimate of drug-likeness (QED) is 0.277. The van der Waals surface area contributed by atoms with Gasteiger partial charge in [-0.2, -0.15) is 0 Å². The molecule has 4 amide bonds. The lowest BCUT2D eigenvalue weighted by Gasteiger charge is -2.34. The lowest BCUT2D eigenvalue weighted by molar-refractivity contribution is -0.143. The molecule has 1 aromatic carbocycles. The fourth-order valence-electron chi connectivity index (χ4n) is 3.14. The molecule has 0 bridgehead atoms. The van der Waals surface area contributed by atoms with Gasteiger partial charge in [-0.3, -0.25) is 14.4 Å². The number of carbonyl (C=O) groups excluding carboxylic acids is 4. The zero-order valence-electron chi connectivity index (χ0n) is 20.2. The van der Waals surface area contributed by atoms with E-state index in [1.54, 1.807) is 20.8 Å². The molecule has 0 aromatic heterocycles. The molecule has 190 valence electrons. The second kappa shape index (κ2) is 13.4. The number of ether oxygens (including phenoxy) is 1. The summed E-state index contributed by atoms with van der Waals surface area (Å²) >= 11 is 0. The number of primary amides is 1. The summed E-state index contributed by atoms with van der Waals surface area (Å²) in [5.41, 5.74) is 4.80. The van der Waals surface area contributed by atoms with E-state index in [4.69, 9.17) is 10.5 Å². The Morgan fingerprint density at radius 1 is 1.15 bits per heavy atom. The van der Waals surface area contributed by atoms with Crippen LogP contribution in [0, 0.1) is 0 Å². The average molecular weight is 481 g/mol. The normalized spacial score (nSPS) is 12.9. The van der Waals surface area contributed by atoms with Crippen LogP contribution in [0.1, 0.15) is 58.6 Å². The summed E-state index contributed by atoms with van der Waals surface area (Å²) in [6.07, 6.45) is 0.0699. The first-order valence-corrected chi connectivity index (χ1v) is 11.1. The van der Waals surface area contributed by atoms with Crippen molar-refractivity contribution < 1.29 is 34.1 Å². The second-order valence-corrected chi connectivity index (χ2v) is 8.76. The maximum Gasteiger partial charge on any atom is 0.408 e. The summed E-state index contributed by atoms with van der Waals surface area (Å²) in [6, 6.07) is 3.05. The number of nitrogens with zero attached hydrogens (tertiary/aromatic N) is 1. The highest BCUT2D eigenvalue weighted by atomic mass is 16.6. The molecule has 11 nitrogen and oxygen atoms in total. The maximum absolute atomic E-state index is 13.5. The number of amides is 4. The number of aromatic hydroxyl groups is 1. The highest BCUT2D eigenvalue weighted by Crippen LogP contribution is 2.25. The number of alkyl carbamates (subject to hydrolysis) is 1. The molecule has 0 radical (unpaired) electrons. The van der Waals surface area contributed by atoms with Crippen molar-refractivity contribution in [2.45, 2.75) is 64.6 Å². The number of unbranched alkanes of at least 4 members (excludes halogenated alkanes) is 1. The van der Waals surface area contributed by atoms with E-state index in [2.05, 4.69) is 10.6 Å². The molecular weight excluding hydrogens is 444 g/mol. The van der Waals surface area contributed by atoms with Crippen LogP contribution >= 0.6 is 0 Å². The van der Waals surface area contributed by atoms with E-state index in [9.17, 15) is 29.4 Å². The third kappa shape index (κ3) is 9.65. The van der Waals surface area contributed by atoms with E-state index < -0.39 is 54.5 Å². The van der Waals surface area contributed by atoms with Gasteiger partial charge in [-0.15, -0.1) is 0 Å². The summed E-state index contributed by atoms with van der Waals surface area (Å²) in [6.45, 7) is 6.48. The van der Waals surface area contributed by atoms with Crippen molar-refractivity contribution >= 4 is 23.8 Å². The molecule has 0 heterocycles. The number of hydrogen-bond acceptors (Lipinski definition) is 7. The molecule has 11 heteroatoms. The molecule has 2 unspecified atom stereocenters. The number of aliphatic hydroxyl groups excluding tert-OH is 1. The number of carbonyl (C=O) groups is 4. The molecule has 0 fully saturated rings. The predicted molar refractivity (Wildman–Crippen MR) is 125 cm³/mol. The predicted octanol–water partition coefficient (Wildman–Crippen LogP) is 0.939. The van der Waals surface area contributed by atoms with Crippen LogP contribution in [0.3, 0.4) is 0 Å². The number of phenols is 1. The number of hydrogen-bond donors (Lipinski definition) is 5. The fraction of sp³-hybridized carbons (Fsp3) is 0.565. The topological polar surface area (TPSA) is 171 Å². The van der Waals surface area contributed by atoms with Gasteiger partial charge in [-0.05, 0) is 44.9 Å². The average Bonchev–Trinajstić information content (AvgIpc) is 2.72. The first-order valence-electron chi connectivity index (χ1n) is 11.1. The molecule has 0 aliphatic carbocycles. The Bertz CT molecular complexity index is 837. The number of nitrogens with two attached hydrogens (primary N) is 1. The molecular formula is C23H36N4O7. The smallest absolute Gasteiger partial charge is 0.408 e. The van der Waals surface area contributed by atoms with Crippen LogP contribution in [-0.4, -0.2) is 70.3 Å². The van der Waals surface area contributed by atoms with Gasteiger partial charge in [0.1, 0.15) is 23.4 Å². The third-order valence-corrected chi connectivity index (χ3v) is 4.62. The number of rotatable bonds is 12. The molecule has 0 saturated heterocycles. The van der Waals surface area contributed by atoms with Crippen molar-refractivity contribution in [1.29, 1.82) is 0 Å². The molecule has 6 N–H and O–H groups in total. The van der Waals surface area contributed by atoms with Crippen LogP contribution in [0.4, 0.5) is 4.79 Å². The second-order valence-electron chi connectivity index (χ2n) is 8.76. The van der Waals surface area contributed by atoms with Gasteiger partial charge in [0.15, 0.2) is 0 Å². The minimum absolute atomic E-state index is 0.0351. The van der Waals surface area contributed by atoms with Gasteiger partial charge in [0.25, 0.3) is 0 Å². The lowest BCUT2D eigenvalue weighted by Crippen LogP contribution is -2.54. The van der Waals surface area contributed by atoms with E-state index in [0.29, 0.717) is 18.5 Å². The zero-order valence-corrected chi connectivity index (χ0v) is 20.2. The van der Waals surface area contributed by atoms with Crippen molar-refractivity contribution in [2.24, 2.45) is 5.73 Å². The van der Waals surface area contributed by atoms with E-state index >= 15 is 0 Å². The standard InChI is InChI=1S/C23H36N4O7/c1-5-6-11-25-20(31)19(15-7-9-16(29)10-8-15)27(12-13-28)21(32)17(14-18(24)30)26-22(33)34-23(2,3)4/h7-10,17,19,28-29H,5-6,11-14H2,1-4H3,(H2,24,30)(H,25,31)(H,26,33). The van der Waals surface area contributed by atoms with Gasteiger partial charge in [0.05, 0.1) is 13.0 Å². The molecule has 34 heavy (non-hydrogen) atoms. The number of benzene rings is 1. The number of aliphatic hydroxyl groups is 1. The Morgan fingerprint density at radius 2 is 1.76 bits per heavy atom. The molecule has 1 aromatic rings. The Balaban J connectivity index is 3.35. The molecule has 2 atom stereocenters. The largest absolute Gasteiger partial charge is 0.508 e. The van der Waals surface area contributed by atoms with E-state index in [1.807, 2.05) is 6.92 Å². The van der Waals surface area contributed by atoms with Gasteiger partial charge in [-0.25, -0.2) is 4.79 Å². The monoisotopic (exact) mass is 480 g/mol. The van der Waals surface area contributed by atoms with Gasteiger partial charge < -0.3 is 36.2 Å². The van der Waals surface area contributed by atoms with Gasteiger partial charge in [0, 0.05) is 13.1 Å². The van der Waals surface area contributed by atoms with Crippen molar-refractivity contribution in [1.82, 2.24) is 15.5 Å². The fourth-order valence-corrected chi connectivity index (χ4v) is 3.14. The SMILES string of the molecule is CCCCNC(=O)C(c1ccc(O)cc1)N(CCO)C(=O)C(CC(N)=O)NC(=O)OC(C)(C)C. The van der Waals surface area contributed by atoms with E-state index in [1.165, 1.54) is 24.3 Å². The Hall–Kier alpha value is -3.34. The van der Waals surface area contributed by atoms with Gasteiger partial charge in [0.2, 0.25) is 17.7 Å². The summed E-state index contributed by atoms with van der Waals surface area (Å²) in [4.78, 5) is 51.6. The van der Waals surface area contributed by atoms with Crippen molar-refractivity contribution in [2.75, 3.05) is 19.7 Å². The molecule has 0 spiro atoms. The van der Waals surface area contributed by atoms with Crippen molar-refractivity contribution in [3.8, 4) is 5.75 Å². The van der Waals surface area contributed by atoms with Crippen molar-refractivity contribution in [3.63, 3.8) is 0 Å². The molecule has 1 rings (SSSR count). The summed E-state index contributed by atoms with van der Waals surface area (Å²) in [5.74, 6) is -2.21. The summed E-state index contributed by atoms with van der Waals surface area (Å²) in [7, 11) is 0. The van der Waals surface area contributed by atoms with E-state index in [-0.39, 0.29) is 12.3 Å². The molecule has 0 saturated carbocycles. The Morgan fingerprint density at radius 3 is 2.26 bits per heavy atom. The van der Waals surface area contributed by atoms with Crippen molar-refractivity contribution in [3.05, 3.63) is 29.8 Å². The summed E-state index contributed by atoms with van der Waals surface area (Å²) in [5, 5.41) is 24.4. The summed E-state index contributed by atoms with van der Waals surface area (Å²) < 4.78 is 5.18. The highest BCUT2D eigenvalue weighted by molar-refractivity contribution is 5.94. The van der Waals surface area contributed by atoms with Gasteiger partial charge >= 0.3 is 6.09 Å². The number of nitrogens with one attached hydrogen (secondary N) is 2. The Kier molecular flexibility index (Phi) is 11.3. The minimum Gasteiger partial charge on any atom is -0.508 e. The minimum atomic E-state index is -1.43. The first kappa shape index (κ1) is 28.7. The zero-order chi connectivity index (χ0) is 25.9. The van der Waals surface area contributed by atoms with Gasteiger partial charge in [-0.1, -0.05) is 25.5 Å². The molecule has 0 aliphatic rings. The van der Waals surface area contributed by atoms with Crippen LogP contribution in [-0.2, 0) is 19.1 Å². The third-order valence-electron chi connectivity index (χ3n) is 4.62. The number of phenolic OH excluding ortho intramolecular Hbond substituents is 1. The van der Waals surface area contributed by atoms with Crippen LogP contribution in [0.5, 0.6) is 5.75 Å². The highest BCUT2D eigenvalue weighted by Gasteiger charge is 2.36. The van der Waals surface area contributed by atoms with Crippen LogP contribution in [0.2, 0.25) is 0 Å². The first-order chi connectivity index (χ1) is 15.9. The van der Waals surface area contributed by atoms with Crippen LogP contribution < -0.4 is 16.4 Å². The van der Waals surface area contributed by atoms with Crippen LogP contribution in [0.15, 0.2) is 24.3 Å². The van der Waals surface area contributed by atoms with Crippen LogP contribution in [0.25, 0.3) is 0 Å². The molecule has 0 aliphatic heterocycles. The maximum atomic E-state index is 13.5.